The van der Waals surface area contributed by atoms with Gasteiger partial charge in [0.1, 0.15) is 11.4 Å². The lowest BCUT2D eigenvalue weighted by atomic mass is 10.2. The highest BCUT2D eigenvalue weighted by molar-refractivity contribution is 6.30. The summed E-state index contributed by atoms with van der Waals surface area (Å²) in [6.07, 6.45) is 0.892. The number of nitrogens with zero attached hydrogens (tertiary/aromatic N) is 4. The summed E-state index contributed by atoms with van der Waals surface area (Å²) in [5.41, 5.74) is 6.62. The molecule has 0 aliphatic carbocycles. The zero-order valence-electron chi connectivity index (χ0n) is 18.1. The highest BCUT2D eigenvalue weighted by atomic mass is 35.5. The van der Waals surface area contributed by atoms with Crippen molar-refractivity contribution in [2.45, 2.75) is 6.10 Å². The molecule has 0 bridgehead atoms. The van der Waals surface area contributed by atoms with Gasteiger partial charge in [0.2, 0.25) is 5.95 Å². The number of nitrogens with two attached hydrogens (primary N) is 1. The summed E-state index contributed by atoms with van der Waals surface area (Å²) in [5, 5.41) is 16.8. The van der Waals surface area contributed by atoms with Gasteiger partial charge in [-0.3, -0.25) is 9.69 Å². The van der Waals surface area contributed by atoms with E-state index in [4.69, 9.17) is 22.1 Å². The van der Waals surface area contributed by atoms with Crippen molar-refractivity contribution in [2.75, 3.05) is 69.7 Å². The van der Waals surface area contributed by atoms with Gasteiger partial charge in [-0.1, -0.05) is 11.6 Å². The summed E-state index contributed by atoms with van der Waals surface area (Å²) in [6.45, 7) is 4.75. The molecule has 5 N–H and O–H groups in total. The molecule has 2 aromatic rings. The first-order valence-corrected chi connectivity index (χ1v) is 10.9. The predicted octanol–water partition coefficient (Wildman–Crippen LogP) is 0.422. The number of nitrogens with one attached hydrogen (secondary N) is 2. The molecule has 1 saturated heterocycles. The number of halogens is 1. The van der Waals surface area contributed by atoms with Crippen molar-refractivity contribution in [1.82, 2.24) is 20.2 Å². The summed E-state index contributed by atoms with van der Waals surface area (Å²) < 4.78 is 5.46. The summed E-state index contributed by atoms with van der Waals surface area (Å²) in [7, 11) is 1.65. The number of aliphatic hydroxyl groups is 1. The van der Waals surface area contributed by atoms with Crippen molar-refractivity contribution in [3.05, 3.63) is 41.2 Å². The molecule has 0 spiro atoms. The highest BCUT2D eigenvalue weighted by Crippen LogP contribution is 2.31. The maximum Gasteiger partial charge on any atom is 0.270 e. The lowest BCUT2D eigenvalue weighted by molar-refractivity contribution is 0.0949. The standard InChI is InChI=1S/C21H30ClN7O3/c1-32-19-3-2-15(22)12-18(19)29-10-8-28(9-11-29)14-16(30)13-26-21-25-6-4-17(27-21)20(31)24-7-5-23/h2-4,6,12,16,30H,5,7-11,13-14,23H2,1H3,(H,24,31)(H,25,26,27). The van der Waals surface area contributed by atoms with Crippen molar-refractivity contribution < 1.29 is 14.6 Å². The van der Waals surface area contributed by atoms with Gasteiger partial charge in [0.15, 0.2) is 0 Å². The van der Waals surface area contributed by atoms with Crippen molar-refractivity contribution in [3.63, 3.8) is 0 Å². The lowest BCUT2D eigenvalue weighted by Crippen LogP contribution is -2.49. The van der Waals surface area contributed by atoms with Gasteiger partial charge in [0, 0.05) is 63.6 Å². The fraction of sp³-hybridized carbons (Fsp3) is 0.476. The van der Waals surface area contributed by atoms with Gasteiger partial charge in [-0.05, 0) is 24.3 Å². The quantitative estimate of drug-likeness (QED) is 0.396. The van der Waals surface area contributed by atoms with Crippen LogP contribution in [0.15, 0.2) is 30.5 Å². The third-order valence-corrected chi connectivity index (χ3v) is 5.37. The summed E-state index contributed by atoms with van der Waals surface area (Å²) >= 11 is 6.16. The van der Waals surface area contributed by atoms with Gasteiger partial charge in [-0.15, -0.1) is 0 Å². The molecule has 2 heterocycles. The fourth-order valence-electron chi connectivity index (χ4n) is 3.50. The van der Waals surface area contributed by atoms with Crippen LogP contribution in [-0.2, 0) is 0 Å². The number of benzene rings is 1. The second kappa shape index (κ2) is 11.8. The van der Waals surface area contributed by atoms with Crippen LogP contribution in [0.1, 0.15) is 10.5 Å². The number of carbonyl (C=O) groups is 1. The Labute approximate surface area is 192 Å². The van der Waals surface area contributed by atoms with Crippen LogP contribution in [0.4, 0.5) is 11.6 Å². The van der Waals surface area contributed by atoms with Gasteiger partial charge in [-0.25, -0.2) is 9.97 Å². The number of methoxy groups -OCH3 is 1. The Morgan fingerprint density at radius 3 is 2.81 bits per heavy atom. The molecule has 10 nitrogen and oxygen atoms in total. The molecule has 32 heavy (non-hydrogen) atoms. The Balaban J connectivity index is 1.45. The predicted molar refractivity (Wildman–Crippen MR) is 125 cm³/mol. The maximum atomic E-state index is 12.0. The monoisotopic (exact) mass is 463 g/mol. The van der Waals surface area contributed by atoms with Crippen LogP contribution in [0.25, 0.3) is 0 Å². The molecule has 1 aliphatic rings. The molecule has 1 atom stereocenters. The van der Waals surface area contributed by atoms with E-state index in [0.717, 1.165) is 37.6 Å². The number of carbonyl (C=O) groups excluding carboxylic acids is 1. The molecule has 1 aromatic carbocycles. The number of aromatic nitrogens is 2. The van der Waals surface area contributed by atoms with E-state index in [1.807, 2.05) is 18.2 Å². The zero-order valence-corrected chi connectivity index (χ0v) is 18.9. The Kier molecular flexibility index (Phi) is 8.86. The number of aliphatic hydroxyl groups excluding tert-OH is 1. The van der Waals surface area contributed by atoms with Crippen LogP contribution < -0.4 is 26.0 Å². The fourth-order valence-corrected chi connectivity index (χ4v) is 3.67. The van der Waals surface area contributed by atoms with Crippen LogP contribution >= 0.6 is 11.6 Å². The normalized spacial score (nSPS) is 15.3. The van der Waals surface area contributed by atoms with E-state index in [1.165, 1.54) is 12.3 Å². The molecule has 1 unspecified atom stereocenters. The van der Waals surface area contributed by atoms with Crippen molar-refractivity contribution in [3.8, 4) is 5.75 Å². The number of ether oxygens (including phenoxy) is 1. The first-order valence-electron chi connectivity index (χ1n) is 10.5. The number of anilines is 2. The molecule has 0 saturated carbocycles. The largest absolute Gasteiger partial charge is 0.495 e. The molecule has 174 valence electrons. The highest BCUT2D eigenvalue weighted by Gasteiger charge is 2.22. The number of β-amino-alcohol motifs (C(OH)–C–C–N with tert-alkyl or cyclic N) is 1. The zero-order chi connectivity index (χ0) is 22.9. The first kappa shape index (κ1) is 24.0. The number of piperazine rings is 1. The Morgan fingerprint density at radius 2 is 2.09 bits per heavy atom. The molecule has 1 aromatic heterocycles. The number of rotatable bonds is 10. The lowest BCUT2D eigenvalue weighted by Gasteiger charge is -2.37. The van der Waals surface area contributed by atoms with Crippen molar-refractivity contribution in [2.24, 2.45) is 5.73 Å². The SMILES string of the molecule is COc1ccc(Cl)cc1N1CCN(CC(O)CNc2nccc(C(=O)NCCN)n2)CC1. The van der Waals surface area contributed by atoms with E-state index in [9.17, 15) is 9.90 Å². The van der Waals surface area contributed by atoms with E-state index in [-0.39, 0.29) is 18.1 Å². The van der Waals surface area contributed by atoms with Crippen LogP contribution in [0.2, 0.25) is 5.02 Å². The van der Waals surface area contributed by atoms with E-state index >= 15 is 0 Å². The smallest absolute Gasteiger partial charge is 0.270 e. The van der Waals surface area contributed by atoms with Crippen LogP contribution in [0.3, 0.4) is 0 Å². The minimum absolute atomic E-state index is 0.248. The maximum absolute atomic E-state index is 12.0. The average molecular weight is 464 g/mol. The molecule has 1 fully saturated rings. The van der Waals surface area contributed by atoms with Gasteiger partial charge in [0.25, 0.3) is 5.91 Å². The van der Waals surface area contributed by atoms with Crippen molar-refractivity contribution >= 4 is 29.1 Å². The molecule has 3 rings (SSSR count). The number of amides is 1. The first-order chi connectivity index (χ1) is 15.5. The van der Waals surface area contributed by atoms with E-state index in [2.05, 4.69) is 30.4 Å². The summed E-state index contributed by atoms with van der Waals surface area (Å²) in [5.74, 6) is 0.781. The third-order valence-electron chi connectivity index (χ3n) is 5.14. The molecule has 0 radical (unpaired) electrons. The molecule has 1 amide bonds. The van der Waals surface area contributed by atoms with E-state index in [1.54, 1.807) is 7.11 Å². The minimum Gasteiger partial charge on any atom is -0.495 e. The van der Waals surface area contributed by atoms with Crippen molar-refractivity contribution in [1.29, 1.82) is 0 Å². The Bertz CT molecular complexity index is 893. The van der Waals surface area contributed by atoms with E-state index in [0.29, 0.717) is 30.6 Å². The van der Waals surface area contributed by atoms with Crippen LogP contribution in [0, 0.1) is 0 Å². The molecular formula is C21H30ClN7O3. The Morgan fingerprint density at radius 1 is 1.31 bits per heavy atom. The van der Waals surface area contributed by atoms with Crippen LogP contribution in [-0.4, -0.2) is 91.5 Å². The third kappa shape index (κ3) is 6.67. The molecular weight excluding hydrogens is 434 g/mol. The number of hydrogen-bond acceptors (Lipinski definition) is 9. The van der Waals surface area contributed by atoms with Crippen LogP contribution in [0.5, 0.6) is 5.75 Å². The topological polar surface area (TPSA) is 129 Å². The second-order valence-corrected chi connectivity index (χ2v) is 7.89. The average Bonchev–Trinajstić information content (AvgIpc) is 2.82. The molecule has 1 aliphatic heterocycles. The molecule has 11 heteroatoms. The van der Waals surface area contributed by atoms with Gasteiger partial charge >= 0.3 is 0 Å². The van der Waals surface area contributed by atoms with Gasteiger partial charge in [-0.2, -0.15) is 0 Å². The van der Waals surface area contributed by atoms with E-state index < -0.39 is 6.10 Å². The van der Waals surface area contributed by atoms with Gasteiger partial charge < -0.3 is 31.1 Å². The summed E-state index contributed by atoms with van der Waals surface area (Å²) in [6, 6.07) is 7.13. The van der Waals surface area contributed by atoms with Gasteiger partial charge in [0.05, 0.1) is 18.9 Å². The Hall–Kier alpha value is -2.66. The summed E-state index contributed by atoms with van der Waals surface area (Å²) in [4.78, 5) is 24.7. The minimum atomic E-state index is -0.611. The number of hydrogen-bond donors (Lipinski definition) is 4. The second-order valence-electron chi connectivity index (χ2n) is 7.45.